The Balaban J connectivity index is 2.88. The molecule has 4 heteroatoms. The maximum absolute atomic E-state index is 12.9. The predicted molar refractivity (Wildman–Crippen MR) is 51.3 cm³/mol. The van der Waals surface area contributed by atoms with Crippen molar-refractivity contribution in [1.82, 2.24) is 5.43 Å². The lowest BCUT2D eigenvalue weighted by Gasteiger charge is -2.15. The van der Waals surface area contributed by atoms with Crippen LogP contribution >= 0.6 is 0 Å². The lowest BCUT2D eigenvalue weighted by Crippen LogP contribution is -2.27. The van der Waals surface area contributed by atoms with Crippen LogP contribution in [0.3, 0.4) is 0 Å². The number of halogens is 2. The minimum atomic E-state index is -0.834. The molecule has 0 spiro atoms. The third-order valence-electron chi connectivity index (χ3n) is 2.12. The SMILES string of the molecule is CCCC(NN)c1ccc(F)c(F)c1. The maximum atomic E-state index is 12.9. The molecule has 1 aromatic rings. The van der Waals surface area contributed by atoms with Gasteiger partial charge in [0.2, 0.25) is 0 Å². The van der Waals surface area contributed by atoms with Gasteiger partial charge in [-0.15, -0.1) is 0 Å². The van der Waals surface area contributed by atoms with Gasteiger partial charge in [-0.05, 0) is 24.1 Å². The number of rotatable bonds is 4. The van der Waals surface area contributed by atoms with E-state index < -0.39 is 11.6 Å². The molecule has 1 aromatic carbocycles. The summed E-state index contributed by atoms with van der Waals surface area (Å²) in [6.07, 6.45) is 1.72. The molecule has 0 bridgehead atoms. The first-order chi connectivity index (χ1) is 6.69. The first-order valence-corrected chi connectivity index (χ1v) is 4.60. The molecule has 0 aliphatic heterocycles. The Morgan fingerprint density at radius 2 is 2.07 bits per heavy atom. The summed E-state index contributed by atoms with van der Waals surface area (Å²) >= 11 is 0. The van der Waals surface area contributed by atoms with Crippen LogP contribution in [0.2, 0.25) is 0 Å². The molecule has 1 rings (SSSR count). The second-order valence-corrected chi connectivity index (χ2v) is 3.18. The van der Waals surface area contributed by atoms with Crippen LogP contribution in [0.4, 0.5) is 8.78 Å². The molecule has 0 amide bonds. The number of nitrogens with one attached hydrogen (secondary N) is 1. The van der Waals surface area contributed by atoms with Crippen molar-refractivity contribution in [3.8, 4) is 0 Å². The standard InChI is InChI=1S/C10H14F2N2/c1-2-3-10(14-13)7-4-5-8(11)9(12)6-7/h4-6,10,14H,2-3,13H2,1H3. The average molecular weight is 200 g/mol. The number of hydrazine groups is 1. The zero-order valence-electron chi connectivity index (χ0n) is 8.06. The Kier molecular flexibility index (Phi) is 3.98. The van der Waals surface area contributed by atoms with Crippen LogP contribution in [0.25, 0.3) is 0 Å². The van der Waals surface area contributed by atoms with Gasteiger partial charge in [-0.25, -0.2) is 8.78 Å². The van der Waals surface area contributed by atoms with Crippen molar-refractivity contribution in [2.45, 2.75) is 25.8 Å². The molecule has 0 heterocycles. The molecule has 0 aliphatic carbocycles. The van der Waals surface area contributed by atoms with Crippen molar-refractivity contribution in [3.63, 3.8) is 0 Å². The molecule has 0 radical (unpaired) electrons. The van der Waals surface area contributed by atoms with E-state index in [9.17, 15) is 8.78 Å². The molecule has 1 atom stereocenters. The van der Waals surface area contributed by atoms with Crippen LogP contribution in [0.15, 0.2) is 18.2 Å². The van der Waals surface area contributed by atoms with Crippen LogP contribution in [0.5, 0.6) is 0 Å². The molecule has 3 N–H and O–H groups in total. The Bertz CT molecular complexity index is 302. The van der Waals surface area contributed by atoms with E-state index >= 15 is 0 Å². The summed E-state index contributed by atoms with van der Waals surface area (Å²) in [6.45, 7) is 2.00. The number of nitrogens with two attached hydrogens (primary N) is 1. The summed E-state index contributed by atoms with van der Waals surface area (Å²) in [4.78, 5) is 0. The highest BCUT2D eigenvalue weighted by Crippen LogP contribution is 2.19. The van der Waals surface area contributed by atoms with Crippen LogP contribution in [-0.4, -0.2) is 0 Å². The molecule has 0 aromatic heterocycles. The molecular weight excluding hydrogens is 186 g/mol. The van der Waals surface area contributed by atoms with E-state index in [-0.39, 0.29) is 6.04 Å². The smallest absolute Gasteiger partial charge is 0.159 e. The van der Waals surface area contributed by atoms with Gasteiger partial charge in [0.05, 0.1) is 0 Å². The van der Waals surface area contributed by atoms with Gasteiger partial charge < -0.3 is 0 Å². The van der Waals surface area contributed by atoms with E-state index in [1.165, 1.54) is 6.07 Å². The largest absolute Gasteiger partial charge is 0.271 e. The molecule has 0 saturated carbocycles. The van der Waals surface area contributed by atoms with Crippen molar-refractivity contribution in [3.05, 3.63) is 35.4 Å². The second kappa shape index (κ2) is 5.02. The van der Waals surface area contributed by atoms with E-state index in [4.69, 9.17) is 5.84 Å². The zero-order valence-corrected chi connectivity index (χ0v) is 8.06. The summed E-state index contributed by atoms with van der Waals surface area (Å²) in [5, 5.41) is 0. The summed E-state index contributed by atoms with van der Waals surface area (Å²) in [6, 6.07) is 3.72. The van der Waals surface area contributed by atoms with Crippen LogP contribution < -0.4 is 11.3 Å². The number of hydrogen-bond acceptors (Lipinski definition) is 2. The van der Waals surface area contributed by atoms with Crippen LogP contribution in [-0.2, 0) is 0 Å². The highest BCUT2D eigenvalue weighted by Gasteiger charge is 2.10. The zero-order chi connectivity index (χ0) is 10.6. The van der Waals surface area contributed by atoms with Crippen LogP contribution in [0, 0.1) is 11.6 Å². The molecule has 0 fully saturated rings. The van der Waals surface area contributed by atoms with Gasteiger partial charge in [0.1, 0.15) is 0 Å². The molecule has 1 unspecified atom stereocenters. The van der Waals surface area contributed by atoms with Gasteiger partial charge in [0.25, 0.3) is 0 Å². The van der Waals surface area contributed by atoms with E-state index in [1.807, 2.05) is 6.92 Å². The summed E-state index contributed by atoms with van der Waals surface area (Å²) in [5.41, 5.74) is 3.25. The Hall–Kier alpha value is -1.00. The highest BCUT2D eigenvalue weighted by molar-refractivity contribution is 5.21. The van der Waals surface area contributed by atoms with Crippen molar-refractivity contribution in [2.24, 2.45) is 5.84 Å². The Morgan fingerprint density at radius 3 is 2.57 bits per heavy atom. The van der Waals surface area contributed by atoms with Gasteiger partial charge in [-0.2, -0.15) is 0 Å². The predicted octanol–water partition coefficient (Wildman–Crippen LogP) is 2.27. The fraction of sp³-hybridized carbons (Fsp3) is 0.400. The molecular formula is C10H14F2N2. The fourth-order valence-electron chi connectivity index (χ4n) is 1.36. The normalized spacial score (nSPS) is 12.9. The molecule has 2 nitrogen and oxygen atoms in total. The first kappa shape index (κ1) is 11.1. The van der Waals surface area contributed by atoms with Gasteiger partial charge in [0.15, 0.2) is 11.6 Å². The fourth-order valence-corrected chi connectivity index (χ4v) is 1.36. The molecule has 0 aliphatic rings. The summed E-state index contributed by atoms with van der Waals surface area (Å²) < 4.78 is 25.5. The topological polar surface area (TPSA) is 38.0 Å². The molecule has 0 saturated heterocycles. The maximum Gasteiger partial charge on any atom is 0.159 e. The molecule has 78 valence electrons. The third-order valence-corrected chi connectivity index (χ3v) is 2.12. The monoisotopic (exact) mass is 200 g/mol. The van der Waals surface area contributed by atoms with Crippen molar-refractivity contribution in [2.75, 3.05) is 0 Å². The van der Waals surface area contributed by atoms with E-state index in [1.54, 1.807) is 6.07 Å². The average Bonchev–Trinajstić information content (AvgIpc) is 2.19. The lowest BCUT2D eigenvalue weighted by molar-refractivity contribution is 0.485. The van der Waals surface area contributed by atoms with Gasteiger partial charge >= 0.3 is 0 Å². The number of benzene rings is 1. The third kappa shape index (κ3) is 2.49. The minimum Gasteiger partial charge on any atom is -0.271 e. The lowest BCUT2D eigenvalue weighted by atomic mass is 10.0. The molecule has 14 heavy (non-hydrogen) atoms. The summed E-state index contributed by atoms with van der Waals surface area (Å²) in [5.74, 6) is 3.65. The van der Waals surface area contributed by atoms with Gasteiger partial charge in [-0.3, -0.25) is 11.3 Å². The highest BCUT2D eigenvalue weighted by atomic mass is 19.2. The van der Waals surface area contributed by atoms with Crippen molar-refractivity contribution >= 4 is 0 Å². The Labute approximate surface area is 82.1 Å². The van der Waals surface area contributed by atoms with Crippen LogP contribution in [0.1, 0.15) is 31.4 Å². The van der Waals surface area contributed by atoms with E-state index in [0.717, 1.165) is 18.9 Å². The quantitative estimate of drug-likeness (QED) is 0.578. The second-order valence-electron chi connectivity index (χ2n) is 3.18. The van der Waals surface area contributed by atoms with Gasteiger partial charge in [-0.1, -0.05) is 19.4 Å². The van der Waals surface area contributed by atoms with E-state index in [0.29, 0.717) is 5.56 Å². The summed E-state index contributed by atoms with van der Waals surface area (Å²) in [7, 11) is 0. The first-order valence-electron chi connectivity index (χ1n) is 4.60. The van der Waals surface area contributed by atoms with Crippen molar-refractivity contribution < 1.29 is 8.78 Å². The van der Waals surface area contributed by atoms with Crippen molar-refractivity contribution in [1.29, 1.82) is 0 Å². The number of hydrogen-bond donors (Lipinski definition) is 2. The van der Waals surface area contributed by atoms with Gasteiger partial charge in [0, 0.05) is 6.04 Å². The Morgan fingerprint density at radius 1 is 1.36 bits per heavy atom. The van der Waals surface area contributed by atoms with E-state index in [2.05, 4.69) is 5.43 Å². The minimum absolute atomic E-state index is 0.116.